The molecular formula is C13H21N5. The van der Waals surface area contributed by atoms with Crippen LogP contribution in [0.5, 0.6) is 0 Å². The van der Waals surface area contributed by atoms with Gasteiger partial charge in [0.05, 0.1) is 0 Å². The first kappa shape index (κ1) is 12.8. The number of nitrogens with two attached hydrogens (primary N) is 1. The number of hydrogen-bond acceptors (Lipinski definition) is 4. The van der Waals surface area contributed by atoms with Gasteiger partial charge < -0.3 is 15.5 Å². The van der Waals surface area contributed by atoms with E-state index < -0.39 is 0 Å². The zero-order chi connectivity index (χ0) is 13.1. The highest BCUT2D eigenvalue weighted by Gasteiger charge is 2.20. The second-order valence-corrected chi connectivity index (χ2v) is 5.11. The molecular weight excluding hydrogens is 226 g/mol. The number of rotatable bonds is 4. The first-order valence-corrected chi connectivity index (χ1v) is 6.26. The fourth-order valence-electron chi connectivity index (χ4n) is 2.47. The summed E-state index contributed by atoms with van der Waals surface area (Å²) in [5.41, 5.74) is 7.08. The molecule has 0 amide bonds. The summed E-state index contributed by atoms with van der Waals surface area (Å²) in [6, 6.07) is 3.84. The average Bonchev–Trinajstić information content (AvgIpc) is 2.75. The normalized spacial score (nSPS) is 20.0. The smallest absolute Gasteiger partial charge is 0.141 e. The Bertz CT molecular complexity index is 431. The number of likely N-dealkylation sites (tertiary alicyclic amines) is 1. The molecule has 0 saturated carbocycles. The number of amidine groups is 1. The summed E-state index contributed by atoms with van der Waals surface area (Å²) in [5, 5.41) is 7.41. The third kappa shape index (κ3) is 2.98. The average molecular weight is 247 g/mol. The van der Waals surface area contributed by atoms with Crippen molar-refractivity contribution in [2.24, 2.45) is 11.7 Å². The van der Waals surface area contributed by atoms with E-state index in [1.807, 2.05) is 12.1 Å². The molecule has 1 fully saturated rings. The highest BCUT2D eigenvalue weighted by molar-refractivity contribution is 5.93. The van der Waals surface area contributed by atoms with Gasteiger partial charge in [-0.05, 0) is 38.1 Å². The quantitative estimate of drug-likeness (QED) is 0.608. The van der Waals surface area contributed by atoms with Gasteiger partial charge >= 0.3 is 0 Å². The number of aromatic nitrogens is 1. The van der Waals surface area contributed by atoms with Gasteiger partial charge in [0.2, 0.25) is 0 Å². The molecule has 0 bridgehead atoms. The van der Waals surface area contributed by atoms with Crippen LogP contribution in [0, 0.1) is 11.3 Å². The van der Waals surface area contributed by atoms with Crippen molar-refractivity contribution in [1.29, 1.82) is 5.41 Å². The molecule has 1 aromatic heterocycles. The van der Waals surface area contributed by atoms with Gasteiger partial charge in [-0.25, -0.2) is 0 Å². The molecule has 0 aromatic carbocycles. The minimum atomic E-state index is 0.0193. The summed E-state index contributed by atoms with van der Waals surface area (Å²) < 4.78 is 0. The van der Waals surface area contributed by atoms with E-state index in [-0.39, 0.29) is 5.84 Å². The third-order valence-electron chi connectivity index (χ3n) is 3.48. The van der Waals surface area contributed by atoms with Gasteiger partial charge in [0.15, 0.2) is 0 Å². The lowest BCUT2D eigenvalue weighted by Gasteiger charge is -2.23. The van der Waals surface area contributed by atoms with Gasteiger partial charge in [0.25, 0.3) is 0 Å². The Hall–Kier alpha value is -1.62. The van der Waals surface area contributed by atoms with Crippen molar-refractivity contribution in [3.8, 4) is 0 Å². The maximum absolute atomic E-state index is 7.41. The van der Waals surface area contributed by atoms with E-state index in [1.54, 1.807) is 6.20 Å². The number of pyridine rings is 1. The van der Waals surface area contributed by atoms with Crippen LogP contribution in [0.1, 0.15) is 12.1 Å². The zero-order valence-electron chi connectivity index (χ0n) is 11.1. The van der Waals surface area contributed by atoms with Crippen LogP contribution in [0.15, 0.2) is 18.3 Å². The Morgan fingerprint density at radius 3 is 3.06 bits per heavy atom. The van der Waals surface area contributed by atoms with E-state index in [2.05, 4.69) is 28.9 Å². The lowest BCUT2D eigenvalue weighted by Crippen LogP contribution is -2.27. The second kappa shape index (κ2) is 5.35. The largest absolute Gasteiger partial charge is 0.382 e. The molecule has 0 radical (unpaired) electrons. The van der Waals surface area contributed by atoms with E-state index in [9.17, 15) is 0 Å². The minimum absolute atomic E-state index is 0.0193. The van der Waals surface area contributed by atoms with Gasteiger partial charge in [-0.3, -0.25) is 10.4 Å². The third-order valence-corrected chi connectivity index (χ3v) is 3.48. The Morgan fingerprint density at radius 2 is 2.44 bits per heavy atom. The summed E-state index contributed by atoms with van der Waals surface area (Å²) in [6.07, 6.45) is 2.97. The van der Waals surface area contributed by atoms with Gasteiger partial charge in [-0.15, -0.1) is 0 Å². The fraction of sp³-hybridized carbons (Fsp3) is 0.538. The van der Waals surface area contributed by atoms with Crippen LogP contribution >= 0.6 is 0 Å². The number of nitrogen functional groups attached to an aromatic ring is 1. The maximum Gasteiger partial charge on any atom is 0.141 e. The Kier molecular flexibility index (Phi) is 3.81. The molecule has 98 valence electrons. The van der Waals surface area contributed by atoms with Crippen molar-refractivity contribution in [3.05, 3.63) is 24.0 Å². The zero-order valence-corrected chi connectivity index (χ0v) is 11.1. The fourth-order valence-corrected chi connectivity index (χ4v) is 2.47. The van der Waals surface area contributed by atoms with E-state index in [0.717, 1.165) is 18.8 Å². The Labute approximate surface area is 108 Å². The molecule has 5 heteroatoms. The summed E-state index contributed by atoms with van der Waals surface area (Å²) in [5.74, 6) is 0.736. The van der Waals surface area contributed by atoms with E-state index in [4.69, 9.17) is 11.1 Å². The lowest BCUT2D eigenvalue weighted by atomic mass is 10.1. The van der Waals surface area contributed by atoms with Crippen LogP contribution in [0.4, 0.5) is 5.69 Å². The van der Waals surface area contributed by atoms with E-state index in [1.165, 1.54) is 13.0 Å². The molecule has 1 atom stereocenters. The first-order chi connectivity index (χ1) is 8.56. The van der Waals surface area contributed by atoms with Crippen molar-refractivity contribution in [2.45, 2.75) is 6.42 Å². The van der Waals surface area contributed by atoms with Crippen LogP contribution in [0.3, 0.4) is 0 Å². The van der Waals surface area contributed by atoms with E-state index >= 15 is 0 Å². The van der Waals surface area contributed by atoms with Crippen molar-refractivity contribution < 1.29 is 0 Å². The number of nitrogens with one attached hydrogen (secondary N) is 1. The highest BCUT2D eigenvalue weighted by atomic mass is 15.2. The maximum atomic E-state index is 7.41. The number of hydrogen-bond donors (Lipinski definition) is 2. The van der Waals surface area contributed by atoms with Crippen molar-refractivity contribution in [1.82, 2.24) is 9.88 Å². The topological polar surface area (TPSA) is 69.2 Å². The van der Waals surface area contributed by atoms with Crippen LogP contribution in [0.2, 0.25) is 0 Å². The summed E-state index contributed by atoms with van der Waals surface area (Å²) in [4.78, 5) is 8.67. The molecule has 1 aliphatic rings. The minimum Gasteiger partial charge on any atom is -0.382 e. The van der Waals surface area contributed by atoms with Crippen LogP contribution in [0.25, 0.3) is 0 Å². The molecule has 0 spiro atoms. The van der Waals surface area contributed by atoms with E-state index in [0.29, 0.717) is 11.6 Å². The molecule has 3 N–H and O–H groups in total. The Balaban J connectivity index is 2.02. The van der Waals surface area contributed by atoms with Crippen LogP contribution < -0.4 is 10.6 Å². The standard InChI is InChI=1S/C13H21N5/c1-17-6-4-10(8-17)9-18(2)11-3-5-16-12(7-11)13(14)15/h3,5,7,10H,4,6,8-9H2,1-2H3,(H3,14,15). The molecule has 1 aliphatic heterocycles. The molecule has 2 rings (SSSR count). The molecule has 2 heterocycles. The van der Waals surface area contributed by atoms with Gasteiger partial charge in [0, 0.05) is 32.0 Å². The van der Waals surface area contributed by atoms with Gasteiger partial charge in [-0.2, -0.15) is 0 Å². The first-order valence-electron chi connectivity index (χ1n) is 6.26. The van der Waals surface area contributed by atoms with Crippen molar-refractivity contribution in [2.75, 3.05) is 38.6 Å². The summed E-state index contributed by atoms with van der Waals surface area (Å²) >= 11 is 0. The molecule has 18 heavy (non-hydrogen) atoms. The van der Waals surface area contributed by atoms with Crippen LogP contribution in [-0.2, 0) is 0 Å². The highest BCUT2D eigenvalue weighted by Crippen LogP contribution is 2.19. The van der Waals surface area contributed by atoms with Gasteiger partial charge in [0.1, 0.15) is 11.5 Å². The van der Waals surface area contributed by atoms with Crippen molar-refractivity contribution in [3.63, 3.8) is 0 Å². The summed E-state index contributed by atoms with van der Waals surface area (Å²) in [6.45, 7) is 3.38. The molecule has 1 saturated heterocycles. The van der Waals surface area contributed by atoms with Crippen molar-refractivity contribution >= 4 is 11.5 Å². The second-order valence-electron chi connectivity index (χ2n) is 5.11. The molecule has 0 aliphatic carbocycles. The monoisotopic (exact) mass is 247 g/mol. The molecule has 1 unspecified atom stereocenters. The summed E-state index contributed by atoms with van der Waals surface area (Å²) in [7, 11) is 4.25. The Morgan fingerprint density at radius 1 is 1.67 bits per heavy atom. The predicted molar refractivity (Wildman–Crippen MR) is 74.1 cm³/mol. The number of nitrogens with zero attached hydrogens (tertiary/aromatic N) is 3. The van der Waals surface area contributed by atoms with Crippen LogP contribution in [-0.4, -0.2) is 49.4 Å². The van der Waals surface area contributed by atoms with Gasteiger partial charge in [-0.1, -0.05) is 0 Å². The lowest BCUT2D eigenvalue weighted by molar-refractivity contribution is 0.396. The molecule has 5 nitrogen and oxygen atoms in total. The predicted octanol–water partition coefficient (Wildman–Crippen LogP) is 0.754. The molecule has 1 aromatic rings. The number of anilines is 1. The SMILES string of the molecule is CN1CCC(CN(C)c2ccnc(C(=N)N)c2)C1.